The highest BCUT2D eigenvalue weighted by Gasteiger charge is 2.28. The zero-order valence-electron chi connectivity index (χ0n) is 16.9. The lowest BCUT2D eigenvalue weighted by atomic mass is 9.99. The van der Waals surface area contributed by atoms with E-state index in [1.165, 1.54) is 11.1 Å². The summed E-state index contributed by atoms with van der Waals surface area (Å²) in [6.07, 6.45) is 0.944. The van der Waals surface area contributed by atoms with Gasteiger partial charge in [0.1, 0.15) is 13.2 Å². The van der Waals surface area contributed by atoms with Gasteiger partial charge in [-0.2, -0.15) is 0 Å². The molecule has 0 fully saturated rings. The smallest absolute Gasteiger partial charge is 0.288 e. The molecule has 0 unspecified atom stereocenters. The monoisotopic (exact) mass is 380 g/mol. The number of ether oxygens (including phenoxy) is 3. The van der Waals surface area contributed by atoms with Crippen LogP contribution in [-0.2, 0) is 24.3 Å². The van der Waals surface area contributed by atoms with Crippen LogP contribution < -0.4 is 9.47 Å². The first-order valence-electron chi connectivity index (χ1n) is 9.96. The van der Waals surface area contributed by atoms with Gasteiger partial charge in [0.05, 0.1) is 13.2 Å². The topological polar surface area (TPSA) is 43.3 Å². The normalized spacial score (nSPS) is 18.5. The van der Waals surface area contributed by atoms with Crippen LogP contribution in [0.3, 0.4) is 0 Å². The molecule has 0 amide bonds. The minimum atomic E-state index is 0.261. The molecule has 2 aromatic carbocycles. The molecule has 148 valence electrons. The first kappa shape index (κ1) is 18.7. The Morgan fingerprint density at radius 3 is 2.64 bits per heavy atom. The van der Waals surface area contributed by atoms with E-state index in [0.717, 1.165) is 42.6 Å². The van der Waals surface area contributed by atoms with Crippen LogP contribution in [0.4, 0.5) is 0 Å². The molecule has 0 radical (unpaired) electrons. The number of hydrogen-bond donors (Lipinski definition) is 0. The van der Waals surface area contributed by atoms with E-state index in [1.54, 1.807) is 7.11 Å². The third-order valence-electron chi connectivity index (χ3n) is 5.43. The lowest BCUT2D eigenvalue weighted by Gasteiger charge is -2.30. The molecular formula is C23H28N2O3. The Balaban J connectivity index is 1.51. The van der Waals surface area contributed by atoms with Gasteiger partial charge in [0, 0.05) is 13.1 Å². The number of methoxy groups -OCH3 is 1. The van der Waals surface area contributed by atoms with Crippen molar-refractivity contribution in [1.82, 2.24) is 4.90 Å². The molecule has 2 aromatic rings. The number of nitrogens with zero attached hydrogens (tertiary/aromatic N) is 2. The van der Waals surface area contributed by atoms with Crippen molar-refractivity contribution in [3.05, 3.63) is 59.2 Å². The average molecular weight is 380 g/mol. The van der Waals surface area contributed by atoms with Gasteiger partial charge in [0.15, 0.2) is 11.5 Å². The van der Waals surface area contributed by atoms with E-state index in [0.29, 0.717) is 19.1 Å². The summed E-state index contributed by atoms with van der Waals surface area (Å²) in [6.45, 7) is 7.27. The van der Waals surface area contributed by atoms with Crippen LogP contribution in [0.25, 0.3) is 0 Å². The maximum atomic E-state index is 6.08. The highest BCUT2D eigenvalue weighted by atomic mass is 16.5. The molecule has 0 spiro atoms. The lowest BCUT2D eigenvalue weighted by molar-refractivity contribution is 0.232. The highest BCUT2D eigenvalue weighted by Crippen LogP contribution is 2.34. The predicted octanol–water partition coefficient (Wildman–Crippen LogP) is 4.04. The fourth-order valence-electron chi connectivity index (χ4n) is 3.63. The van der Waals surface area contributed by atoms with E-state index in [-0.39, 0.29) is 6.04 Å². The van der Waals surface area contributed by atoms with E-state index >= 15 is 0 Å². The molecule has 1 atom stereocenters. The van der Waals surface area contributed by atoms with E-state index in [2.05, 4.69) is 43.0 Å². The molecule has 5 heteroatoms. The van der Waals surface area contributed by atoms with Gasteiger partial charge in [0.25, 0.3) is 6.02 Å². The molecule has 0 bridgehead atoms. The molecule has 0 N–H and O–H groups in total. The fourth-order valence-corrected chi connectivity index (χ4v) is 3.63. The van der Waals surface area contributed by atoms with Crippen molar-refractivity contribution in [3.8, 4) is 11.5 Å². The summed E-state index contributed by atoms with van der Waals surface area (Å²) in [5, 5.41) is 0. The zero-order chi connectivity index (χ0) is 19.5. The fraction of sp³-hybridized carbons (Fsp3) is 0.435. The van der Waals surface area contributed by atoms with Gasteiger partial charge < -0.3 is 19.1 Å². The highest BCUT2D eigenvalue weighted by molar-refractivity contribution is 5.76. The summed E-state index contributed by atoms with van der Waals surface area (Å²) in [5.74, 6) is 2.07. The second-order valence-corrected chi connectivity index (χ2v) is 7.75. The van der Waals surface area contributed by atoms with Crippen LogP contribution in [0.2, 0.25) is 0 Å². The molecule has 2 heterocycles. The number of hydrogen-bond acceptors (Lipinski definition) is 5. The van der Waals surface area contributed by atoms with Gasteiger partial charge in [-0.15, -0.1) is 0 Å². The molecule has 28 heavy (non-hydrogen) atoms. The van der Waals surface area contributed by atoms with Crippen molar-refractivity contribution in [2.45, 2.75) is 39.5 Å². The van der Waals surface area contributed by atoms with Crippen LogP contribution in [-0.4, -0.2) is 37.2 Å². The summed E-state index contributed by atoms with van der Waals surface area (Å²) >= 11 is 0. The Morgan fingerprint density at radius 1 is 1.14 bits per heavy atom. The average Bonchev–Trinajstić information content (AvgIpc) is 3.22. The minimum absolute atomic E-state index is 0.261. The summed E-state index contributed by atoms with van der Waals surface area (Å²) < 4.78 is 17.5. The molecule has 2 aliphatic rings. The van der Waals surface area contributed by atoms with Gasteiger partial charge in [-0.05, 0) is 41.2 Å². The molecule has 0 aliphatic carbocycles. The predicted molar refractivity (Wildman–Crippen MR) is 110 cm³/mol. The Kier molecular flexibility index (Phi) is 5.42. The number of aliphatic imine (C=N–C) groups is 1. The van der Waals surface area contributed by atoms with Crippen molar-refractivity contribution in [2.24, 2.45) is 10.9 Å². The van der Waals surface area contributed by atoms with Gasteiger partial charge in [-0.3, -0.25) is 0 Å². The van der Waals surface area contributed by atoms with Gasteiger partial charge >= 0.3 is 0 Å². The SMILES string of the molecule is COc1cc2c(cc1OCc1ccccc1)CN(C1=N[C@@H](C(C)C)CO1)CC2. The number of benzene rings is 2. The van der Waals surface area contributed by atoms with Crippen molar-refractivity contribution in [3.63, 3.8) is 0 Å². The van der Waals surface area contributed by atoms with E-state index in [4.69, 9.17) is 19.2 Å². The number of fused-ring (bicyclic) bond motifs is 1. The van der Waals surface area contributed by atoms with Gasteiger partial charge in [0.2, 0.25) is 0 Å². The zero-order valence-corrected chi connectivity index (χ0v) is 16.9. The molecule has 0 saturated heterocycles. The van der Waals surface area contributed by atoms with Crippen LogP contribution >= 0.6 is 0 Å². The third-order valence-corrected chi connectivity index (χ3v) is 5.43. The lowest BCUT2D eigenvalue weighted by Crippen LogP contribution is -2.36. The van der Waals surface area contributed by atoms with E-state index in [1.807, 2.05) is 18.2 Å². The van der Waals surface area contributed by atoms with Crippen molar-refractivity contribution in [2.75, 3.05) is 20.3 Å². The second kappa shape index (κ2) is 8.13. The standard InChI is InChI=1S/C23H28N2O3/c1-16(2)20-15-28-23(24-20)25-10-9-18-11-21(26-3)22(12-19(18)13-25)27-14-17-7-5-4-6-8-17/h4-8,11-12,16,20H,9-10,13-15H2,1-3H3/t20-/m1/s1. The van der Waals surface area contributed by atoms with Crippen molar-refractivity contribution >= 4 is 6.02 Å². The first-order chi connectivity index (χ1) is 13.6. The van der Waals surface area contributed by atoms with E-state index < -0.39 is 0 Å². The summed E-state index contributed by atoms with van der Waals surface area (Å²) in [4.78, 5) is 7.02. The number of rotatable bonds is 5. The maximum absolute atomic E-state index is 6.08. The van der Waals surface area contributed by atoms with Crippen LogP contribution in [0.15, 0.2) is 47.5 Å². The molecule has 2 aliphatic heterocycles. The van der Waals surface area contributed by atoms with Gasteiger partial charge in [-0.25, -0.2) is 4.99 Å². The Hall–Kier alpha value is -2.69. The maximum Gasteiger partial charge on any atom is 0.288 e. The molecule has 5 nitrogen and oxygen atoms in total. The van der Waals surface area contributed by atoms with Crippen molar-refractivity contribution in [1.29, 1.82) is 0 Å². The molecule has 4 rings (SSSR count). The summed E-state index contributed by atoms with van der Waals surface area (Å²) in [7, 11) is 1.69. The first-order valence-corrected chi connectivity index (χ1v) is 9.96. The van der Waals surface area contributed by atoms with Gasteiger partial charge in [-0.1, -0.05) is 44.2 Å². The summed E-state index contributed by atoms with van der Waals surface area (Å²) in [6, 6.07) is 15.4. The minimum Gasteiger partial charge on any atom is -0.493 e. The van der Waals surface area contributed by atoms with E-state index in [9.17, 15) is 0 Å². The Bertz CT molecular complexity index is 848. The van der Waals surface area contributed by atoms with Crippen LogP contribution in [0, 0.1) is 5.92 Å². The third kappa shape index (κ3) is 3.93. The largest absolute Gasteiger partial charge is 0.493 e. The van der Waals surface area contributed by atoms with Crippen LogP contribution in [0.5, 0.6) is 11.5 Å². The quantitative estimate of drug-likeness (QED) is 0.785. The Labute approximate surface area is 166 Å². The summed E-state index contributed by atoms with van der Waals surface area (Å²) in [5.41, 5.74) is 3.69. The van der Waals surface area contributed by atoms with Crippen molar-refractivity contribution < 1.29 is 14.2 Å². The molecule has 0 saturated carbocycles. The second-order valence-electron chi connectivity index (χ2n) is 7.75. The molecule has 0 aromatic heterocycles. The number of amidine groups is 1. The Morgan fingerprint density at radius 2 is 1.93 bits per heavy atom. The molecular weight excluding hydrogens is 352 g/mol. The van der Waals surface area contributed by atoms with Crippen LogP contribution in [0.1, 0.15) is 30.5 Å².